The molecule has 1 aromatic rings. The quantitative estimate of drug-likeness (QED) is 0.282. The first-order valence-corrected chi connectivity index (χ1v) is 28.7. The molecule has 0 aromatic heterocycles. The summed E-state index contributed by atoms with van der Waals surface area (Å²) in [7, 11) is -6.94. The second-order valence-corrected chi connectivity index (χ2v) is 34.3. The predicted octanol–water partition coefficient (Wildman–Crippen LogP) is 9.02. The number of rotatable bonds is 8. The maximum Gasteiger partial charge on any atom is 0.242 e. The Hall–Kier alpha value is -0.392. The average Bonchev–Trinajstić information content (AvgIpc) is 2.96. The minimum atomic E-state index is -1.79. The van der Waals surface area contributed by atoms with E-state index in [1.54, 1.807) is 0 Å². The molecule has 0 spiro atoms. The van der Waals surface area contributed by atoms with E-state index in [1.165, 1.54) is 30.4 Å². The van der Waals surface area contributed by atoms with Crippen LogP contribution in [0.4, 0.5) is 0 Å². The van der Waals surface area contributed by atoms with E-state index in [0.717, 1.165) is 24.3 Å². The minimum absolute atomic E-state index is 0.196. The molecule has 4 unspecified atom stereocenters. The van der Waals surface area contributed by atoms with Gasteiger partial charge in [0, 0.05) is 5.56 Å². The molecule has 0 heterocycles. The van der Waals surface area contributed by atoms with Crippen LogP contribution >= 0.6 is 0 Å². The van der Waals surface area contributed by atoms with Gasteiger partial charge in [0.25, 0.3) is 0 Å². The van der Waals surface area contributed by atoms with Gasteiger partial charge in [-0.25, -0.2) is 0 Å². The highest BCUT2D eigenvalue weighted by atomic mass is 28.4. The van der Waals surface area contributed by atoms with Crippen LogP contribution in [0.25, 0.3) is 0 Å². The molecule has 0 bridgehead atoms. The Morgan fingerprint density at radius 1 is 0.737 bits per heavy atom. The third-order valence-electron chi connectivity index (χ3n) is 8.55. The van der Waals surface area contributed by atoms with E-state index in [0.29, 0.717) is 17.8 Å². The van der Waals surface area contributed by atoms with Gasteiger partial charge in [-0.15, -0.1) is 0 Å². The van der Waals surface area contributed by atoms with Gasteiger partial charge >= 0.3 is 0 Å². The van der Waals surface area contributed by atoms with Crippen LogP contribution in [0.1, 0.15) is 49.7 Å². The molecule has 3 aliphatic carbocycles. The van der Waals surface area contributed by atoms with E-state index < -0.39 is 33.3 Å². The van der Waals surface area contributed by atoms with Crippen LogP contribution in [0.5, 0.6) is 11.5 Å². The molecule has 0 radical (unpaired) electrons. The van der Waals surface area contributed by atoms with Gasteiger partial charge in [0.05, 0.1) is 12.2 Å². The number of fused-ring (bicyclic) bond motifs is 5. The van der Waals surface area contributed by atoms with Crippen molar-refractivity contribution in [1.29, 1.82) is 0 Å². The summed E-state index contributed by atoms with van der Waals surface area (Å²) >= 11 is 0. The largest absolute Gasteiger partial charge is 0.542 e. The van der Waals surface area contributed by atoms with Crippen LogP contribution < -0.4 is 8.85 Å². The van der Waals surface area contributed by atoms with Gasteiger partial charge in [-0.05, 0) is 145 Å². The first-order valence-electron chi connectivity index (χ1n) is 15.1. The third-order valence-corrected chi connectivity index (χ3v) is 12.2. The summed E-state index contributed by atoms with van der Waals surface area (Å²) in [5.41, 5.74) is 3.18. The lowest BCUT2D eigenvalue weighted by molar-refractivity contribution is -0.0363. The van der Waals surface area contributed by atoms with Gasteiger partial charge in [-0.3, -0.25) is 0 Å². The maximum absolute atomic E-state index is 7.02. The zero-order valence-electron chi connectivity index (χ0n) is 26.7. The van der Waals surface area contributed by atoms with Crippen molar-refractivity contribution in [1.82, 2.24) is 0 Å². The molecule has 3 aliphatic rings. The van der Waals surface area contributed by atoms with Crippen molar-refractivity contribution >= 4 is 33.3 Å². The lowest BCUT2D eigenvalue weighted by Crippen LogP contribution is -2.50. The van der Waals surface area contributed by atoms with Crippen LogP contribution in [0.2, 0.25) is 78.6 Å². The molecule has 0 aliphatic heterocycles. The molecule has 216 valence electrons. The highest BCUT2D eigenvalue weighted by Gasteiger charge is 2.60. The SMILES string of the molecule is CC12CCC3c4ccc(O[Si](C)(C)C)c(O[Si](C)(C)C)c4CCC3C1C[C@@H](O[Si](C)(C)C)[C@@H]2O[Si](C)(C)C. The van der Waals surface area contributed by atoms with Crippen molar-refractivity contribution in [3.8, 4) is 11.5 Å². The fraction of sp³-hybridized carbons (Fsp3) is 0.800. The van der Waals surface area contributed by atoms with Crippen molar-refractivity contribution in [2.75, 3.05) is 0 Å². The summed E-state index contributed by atoms with van der Waals surface area (Å²) in [4.78, 5) is 0. The lowest BCUT2D eigenvalue weighted by atomic mass is 9.55. The van der Waals surface area contributed by atoms with E-state index in [1.807, 2.05) is 0 Å². The summed E-state index contributed by atoms with van der Waals surface area (Å²) in [5.74, 6) is 3.99. The van der Waals surface area contributed by atoms with Crippen molar-refractivity contribution < 1.29 is 17.7 Å². The monoisotopic (exact) mass is 592 g/mol. The Kier molecular flexibility index (Phi) is 8.17. The molecule has 0 N–H and O–H groups in total. The standard InChI is InChI=1S/C30H56O4Si4/c1-30-19-18-22-21-16-17-26(31-35(2,3)4)28(33-37(8,9)10)24(21)15-14-23(22)25(30)20-27(32-36(5,6)7)29(30)34-38(11,12)13/h16-17,22-23,25,27,29H,14-15,18-20H2,1-13H3/t22?,23?,25?,27-,29+,30?/m1/s1. The molecule has 2 fully saturated rings. The Labute approximate surface area is 238 Å². The Bertz CT molecular complexity index is 1020. The smallest absolute Gasteiger partial charge is 0.242 e. The van der Waals surface area contributed by atoms with E-state index >= 15 is 0 Å². The Morgan fingerprint density at radius 2 is 1.34 bits per heavy atom. The number of hydrogen-bond acceptors (Lipinski definition) is 4. The van der Waals surface area contributed by atoms with Gasteiger partial charge < -0.3 is 17.7 Å². The molecule has 0 amide bonds. The van der Waals surface area contributed by atoms with Gasteiger partial charge in [0.15, 0.2) is 16.6 Å². The van der Waals surface area contributed by atoms with Crippen molar-refractivity contribution in [2.45, 2.75) is 136 Å². The van der Waals surface area contributed by atoms with Crippen LogP contribution in [0.15, 0.2) is 12.1 Å². The van der Waals surface area contributed by atoms with E-state index in [-0.39, 0.29) is 17.6 Å². The number of hydrogen-bond donors (Lipinski definition) is 0. The van der Waals surface area contributed by atoms with Crippen LogP contribution in [0, 0.1) is 17.3 Å². The molecular formula is C30H56O4Si4. The molecule has 4 rings (SSSR count). The lowest BCUT2D eigenvalue weighted by Gasteiger charge is -2.51. The van der Waals surface area contributed by atoms with Gasteiger partial charge in [0.1, 0.15) is 11.5 Å². The fourth-order valence-electron chi connectivity index (χ4n) is 7.54. The van der Waals surface area contributed by atoms with Gasteiger partial charge in [-0.2, -0.15) is 0 Å². The molecule has 4 nitrogen and oxygen atoms in total. The summed E-state index contributed by atoms with van der Waals surface area (Å²) in [6.45, 7) is 30.3. The first-order chi connectivity index (χ1) is 17.2. The molecule has 38 heavy (non-hydrogen) atoms. The fourth-order valence-corrected chi connectivity index (χ4v) is 11.5. The molecule has 8 heteroatoms. The van der Waals surface area contributed by atoms with E-state index in [9.17, 15) is 0 Å². The molecular weight excluding hydrogens is 537 g/mol. The molecule has 6 atom stereocenters. The van der Waals surface area contributed by atoms with Crippen molar-refractivity contribution in [3.63, 3.8) is 0 Å². The average molecular weight is 593 g/mol. The second kappa shape index (κ2) is 10.2. The van der Waals surface area contributed by atoms with Crippen LogP contribution in [-0.2, 0) is 15.3 Å². The van der Waals surface area contributed by atoms with Crippen molar-refractivity contribution in [3.05, 3.63) is 23.3 Å². The highest BCUT2D eigenvalue weighted by Crippen LogP contribution is 2.63. The minimum Gasteiger partial charge on any atom is -0.542 e. The molecule has 2 saturated carbocycles. The zero-order valence-corrected chi connectivity index (χ0v) is 30.7. The predicted molar refractivity (Wildman–Crippen MR) is 171 cm³/mol. The highest BCUT2D eigenvalue weighted by molar-refractivity contribution is 6.71. The van der Waals surface area contributed by atoms with Crippen LogP contribution in [0.3, 0.4) is 0 Å². The summed E-state index contributed by atoms with van der Waals surface area (Å²) in [5, 5.41) is 0. The topological polar surface area (TPSA) is 36.9 Å². The first kappa shape index (κ1) is 30.6. The summed E-state index contributed by atoms with van der Waals surface area (Å²) < 4.78 is 27.3. The Balaban J connectivity index is 1.71. The van der Waals surface area contributed by atoms with E-state index in [4.69, 9.17) is 17.7 Å². The van der Waals surface area contributed by atoms with Crippen molar-refractivity contribution in [2.24, 2.45) is 17.3 Å². The zero-order chi connectivity index (χ0) is 28.5. The number of benzene rings is 1. The maximum atomic E-state index is 7.02. The van der Waals surface area contributed by atoms with Crippen LogP contribution in [-0.4, -0.2) is 45.5 Å². The van der Waals surface area contributed by atoms with Gasteiger partial charge in [0.2, 0.25) is 16.6 Å². The molecule has 1 aromatic carbocycles. The molecule has 0 saturated heterocycles. The second-order valence-electron chi connectivity index (χ2n) is 16.5. The normalized spacial score (nSPS) is 31.9. The Morgan fingerprint density at radius 3 is 1.89 bits per heavy atom. The summed E-state index contributed by atoms with van der Waals surface area (Å²) in [6, 6.07) is 4.65. The summed E-state index contributed by atoms with van der Waals surface area (Å²) in [6.07, 6.45) is 6.39. The van der Waals surface area contributed by atoms with Gasteiger partial charge in [-0.1, -0.05) is 13.0 Å². The van der Waals surface area contributed by atoms with E-state index in [2.05, 4.69) is 97.6 Å². The third kappa shape index (κ3) is 6.73.